The van der Waals surface area contributed by atoms with Crippen LogP contribution < -0.4 is 20.1 Å². The SMILES string of the molecule is O=C(NC1CCC(CC2CCC(NC(=O)OCC3c4ccccc4Oc4ccccc43)CC2)CC1)OCC1c2ccccc2Oc2ccccc21. The van der Waals surface area contributed by atoms with Crippen LogP contribution in [0.3, 0.4) is 0 Å². The number of fused-ring (bicyclic) bond motifs is 4. The molecule has 2 saturated carbocycles. The molecule has 0 aromatic heterocycles. The number of alkyl carbamates (subject to hydrolysis) is 2. The summed E-state index contributed by atoms with van der Waals surface area (Å²) >= 11 is 0. The molecule has 4 aliphatic rings. The van der Waals surface area contributed by atoms with Crippen LogP contribution in [-0.4, -0.2) is 37.5 Å². The van der Waals surface area contributed by atoms with E-state index in [0.29, 0.717) is 11.8 Å². The van der Waals surface area contributed by atoms with Gasteiger partial charge in [0.1, 0.15) is 36.2 Å². The molecule has 8 rings (SSSR count). The third kappa shape index (κ3) is 7.55. The van der Waals surface area contributed by atoms with Crippen molar-refractivity contribution in [1.29, 1.82) is 0 Å². The van der Waals surface area contributed by atoms with Gasteiger partial charge in [-0.25, -0.2) is 9.59 Å². The highest BCUT2D eigenvalue weighted by Gasteiger charge is 2.32. The summed E-state index contributed by atoms with van der Waals surface area (Å²) in [6.45, 7) is 0.541. The fraction of sp³-hybridized carbons (Fsp3) is 0.395. The Hall–Kier alpha value is -4.98. The van der Waals surface area contributed by atoms with Gasteiger partial charge in [-0.05, 0) is 93.9 Å². The molecule has 0 unspecified atom stereocenters. The number of carbonyl (C=O) groups excluding carboxylic acids is 2. The van der Waals surface area contributed by atoms with Crippen LogP contribution in [0.15, 0.2) is 97.1 Å². The Bertz CT molecular complexity index is 1620. The number of carbonyl (C=O) groups is 2. The number of para-hydroxylation sites is 4. The second kappa shape index (κ2) is 15.1. The van der Waals surface area contributed by atoms with Crippen molar-refractivity contribution < 1.29 is 28.5 Å². The molecule has 2 aliphatic carbocycles. The second-order valence-electron chi connectivity index (χ2n) is 14.6. The van der Waals surface area contributed by atoms with Gasteiger partial charge in [-0.2, -0.15) is 0 Å². The highest BCUT2D eigenvalue weighted by atomic mass is 16.6. The van der Waals surface area contributed by atoms with E-state index >= 15 is 0 Å². The lowest BCUT2D eigenvalue weighted by Gasteiger charge is -2.34. The summed E-state index contributed by atoms with van der Waals surface area (Å²) in [6, 6.07) is 32.2. The molecule has 264 valence electrons. The van der Waals surface area contributed by atoms with E-state index in [2.05, 4.69) is 10.6 Å². The summed E-state index contributed by atoms with van der Waals surface area (Å²) in [5.74, 6) is 4.50. The Morgan fingerprint density at radius 2 is 0.804 bits per heavy atom. The van der Waals surface area contributed by atoms with E-state index in [-0.39, 0.29) is 49.3 Å². The van der Waals surface area contributed by atoms with Gasteiger partial charge >= 0.3 is 12.2 Å². The number of benzene rings is 4. The molecule has 2 aliphatic heterocycles. The Balaban J connectivity index is 0.741. The fourth-order valence-electron chi connectivity index (χ4n) is 8.67. The van der Waals surface area contributed by atoms with Gasteiger partial charge in [0.25, 0.3) is 0 Å². The Labute approximate surface area is 299 Å². The van der Waals surface area contributed by atoms with E-state index < -0.39 is 0 Å². The van der Waals surface area contributed by atoms with E-state index in [1.807, 2.05) is 97.1 Å². The molecule has 2 amide bonds. The van der Waals surface area contributed by atoms with Gasteiger partial charge in [-0.15, -0.1) is 0 Å². The van der Waals surface area contributed by atoms with Gasteiger partial charge in [-0.1, -0.05) is 72.8 Å². The van der Waals surface area contributed by atoms with Gasteiger partial charge in [-0.3, -0.25) is 0 Å². The van der Waals surface area contributed by atoms with Crippen LogP contribution in [0.4, 0.5) is 9.59 Å². The summed E-state index contributed by atoms with van der Waals surface area (Å²) < 4.78 is 23.8. The van der Waals surface area contributed by atoms with E-state index in [1.165, 1.54) is 6.42 Å². The van der Waals surface area contributed by atoms with Gasteiger partial charge < -0.3 is 29.6 Å². The zero-order valence-electron chi connectivity index (χ0n) is 28.9. The zero-order chi connectivity index (χ0) is 34.6. The predicted octanol–water partition coefficient (Wildman–Crippen LogP) is 9.82. The second-order valence-corrected chi connectivity index (χ2v) is 14.6. The lowest BCUT2D eigenvalue weighted by molar-refractivity contribution is 0.129. The molecule has 2 fully saturated rings. The maximum absolute atomic E-state index is 12.9. The van der Waals surface area contributed by atoms with Gasteiger partial charge in [0.15, 0.2) is 0 Å². The number of ether oxygens (including phenoxy) is 4. The summed E-state index contributed by atoms with van der Waals surface area (Å²) in [4.78, 5) is 25.8. The predicted molar refractivity (Wildman–Crippen MR) is 195 cm³/mol. The molecule has 51 heavy (non-hydrogen) atoms. The molecule has 2 N–H and O–H groups in total. The fourth-order valence-corrected chi connectivity index (χ4v) is 8.67. The number of amides is 2. The number of nitrogens with one attached hydrogen (secondary N) is 2. The molecule has 0 spiro atoms. The van der Waals surface area contributed by atoms with Crippen LogP contribution in [0, 0.1) is 11.8 Å². The number of hydrogen-bond acceptors (Lipinski definition) is 6. The highest BCUT2D eigenvalue weighted by molar-refractivity contribution is 5.68. The van der Waals surface area contributed by atoms with Crippen molar-refractivity contribution >= 4 is 12.2 Å². The first-order valence-corrected chi connectivity index (χ1v) is 18.7. The quantitative estimate of drug-likeness (QED) is 0.192. The molecule has 0 bridgehead atoms. The van der Waals surface area contributed by atoms with Crippen molar-refractivity contribution in [3.63, 3.8) is 0 Å². The lowest BCUT2D eigenvalue weighted by atomic mass is 9.76. The molecule has 0 saturated heterocycles. The minimum absolute atomic E-state index is 0.0583. The molecule has 0 radical (unpaired) electrons. The van der Waals surface area contributed by atoms with Crippen molar-refractivity contribution in [2.45, 2.75) is 81.7 Å². The smallest absolute Gasteiger partial charge is 0.407 e. The average Bonchev–Trinajstić information content (AvgIpc) is 3.16. The standard InChI is InChI=1S/C43H46N2O6/c46-42(48-26-36-32-9-1-5-13-38(32)50-39-14-6-2-10-33(36)39)44-30-21-17-28(18-22-30)25-29-19-23-31(24-20-29)45-43(47)49-27-37-34-11-3-7-15-40(34)51-41-16-8-4-12-35(37)41/h1-16,28-31,36-37H,17-27H2,(H,44,46)(H,45,47). The van der Waals surface area contributed by atoms with Gasteiger partial charge in [0, 0.05) is 34.3 Å². The summed E-state index contributed by atoms with van der Waals surface area (Å²) in [5.41, 5.74) is 4.16. The monoisotopic (exact) mass is 686 g/mol. The molecular formula is C43H46N2O6. The van der Waals surface area contributed by atoms with Crippen molar-refractivity contribution in [2.24, 2.45) is 11.8 Å². The Kier molecular flexibility index (Phi) is 9.82. The third-order valence-corrected chi connectivity index (χ3v) is 11.4. The van der Waals surface area contributed by atoms with Crippen LogP contribution in [0.25, 0.3) is 0 Å². The first-order chi connectivity index (χ1) is 25.1. The molecule has 4 aromatic rings. The molecule has 8 heteroatoms. The minimum Gasteiger partial charge on any atom is -0.457 e. The largest absolute Gasteiger partial charge is 0.457 e. The van der Waals surface area contributed by atoms with E-state index in [9.17, 15) is 9.59 Å². The highest BCUT2D eigenvalue weighted by Crippen LogP contribution is 2.45. The van der Waals surface area contributed by atoms with Crippen molar-refractivity contribution in [1.82, 2.24) is 10.6 Å². The van der Waals surface area contributed by atoms with Crippen molar-refractivity contribution in [2.75, 3.05) is 13.2 Å². The number of hydrogen-bond donors (Lipinski definition) is 2. The normalized spacial score (nSPS) is 22.4. The average molecular weight is 687 g/mol. The summed E-state index contributed by atoms with van der Waals surface area (Å²) in [6.07, 6.45) is 8.94. The van der Waals surface area contributed by atoms with Crippen LogP contribution in [-0.2, 0) is 9.47 Å². The third-order valence-electron chi connectivity index (χ3n) is 11.4. The molecule has 4 aromatic carbocycles. The van der Waals surface area contributed by atoms with E-state index in [0.717, 1.165) is 96.6 Å². The van der Waals surface area contributed by atoms with Crippen molar-refractivity contribution in [3.05, 3.63) is 119 Å². The molecule has 8 nitrogen and oxygen atoms in total. The van der Waals surface area contributed by atoms with E-state index in [4.69, 9.17) is 18.9 Å². The van der Waals surface area contributed by atoms with Crippen LogP contribution >= 0.6 is 0 Å². The topological polar surface area (TPSA) is 95.1 Å². The Morgan fingerprint density at radius 3 is 1.14 bits per heavy atom. The zero-order valence-corrected chi connectivity index (χ0v) is 28.9. The van der Waals surface area contributed by atoms with Gasteiger partial charge in [0.05, 0.1) is 11.8 Å². The Morgan fingerprint density at radius 1 is 0.490 bits per heavy atom. The van der Waals surface area contributed by atoms with Gasteiger partial charge in [0.2, 0.25) is 0 Å². The molecule has 2 heterocycles. The maximum Gasteiger partial charge on any atom is 0.407 e. The van der Waals surface area contributed by atoms with Crippen LogP contribution in [0.2, 0.25) is 0 Å². The van der Waals surface area contributed by atoms with Crippen molar-refractivity contribution in [3.8, 4) is 23.0 Å². The van der Waals surface area contributed by atoms with Crippen LogP contribution in [0.1, 0.15) is 91.9 Å². The maximum atomic E-state index is 12.9. The summed E-state index contributed by atoms with van der Waals surface area (Å²) in [7, 11) is 0. The molecular weight excluding hydrogens is 640 g/mol. The molecule has 0 atom stereocenters. The minimum atomic E-state index is -0.341. The first-order valence-electron chi connectivity index (χ1n) is 18.7. The van der Waals surface area contributed by atoms with E-state index in [1.54, 1.807) is 0 Å². The first kappa shape index (κ1) is 33.2. The number of rotatable bonds is 8. The van der Waals surface area contributed by atoms with Crippen LogP contribution in [0.5, 0.6) is 23.0 Å². The summed E-state index contributed by atoms with van der Waals surface area (Å²) in [5, 5.41) is 6.29. The lowest BCUT2D eigenvalue weighted by Crippen LogP contribution is -2.40.